The van der Waals surface area contributed by atoms with Crippen LogP contribution < -0.4 is 4.72 Å². The summed E-state index contributed by atoms with van der Waals surface area (Å²) in [6.45, 7) is 3.20. The van der Waals surface area contributed by atoms with Gasteiger partial charge < -0.3 is 5.21 Å². The molecule has 3 aromatic carbocycles. The Balaban J connectivity index is 1.94. The van der Waals surface area contributed by atoms with E-state index in [9.17, 15) is 18.4 Å². The monoisotopic (exact) mass is 380 g/mol. The van der Waals surface area contributed by atoms with Gasteiger partial charge in [0.2, 0.25) is 5.69 Å². The minimum Gasteiger partial charge on any atom is -0.619 e. The van der Waals surface area contributed by atoms with Gasteiger partial charge in [-0.3, -0.25) is 9.52 Å². The van der Waals surface area contributed by atoms with Crippen molar-refractivity contribution in [1.29, 1.82) is 0 Å². The van der Waals surface area contributed by atoms with Crippen molar-refractivity contribution in [3.63, 3.8) is 0 Å². The SMILES string of the molecule is C=[N+]([O-])c1ccc(S(=O)(=O)Nc2ccccc2C(=O)c2ccccc2)cc1. The van der Waals surface area contributed by atoms with E-state index >= 15 is 0 Å². The van der Waals surface area contributed by atoms with Crippen molar-refractivity contribution in [2.45, 2.75) is 4.90 Å². The zero-order valence-electron chi connectivity index (χ0n) is 14.2. The summed E-state index contributed by atoms with van der Waals surface area (Å²) in [6, 6.07) is 20.3. The maximum Gasteiger partial charge on any atom is 0.261 e. The van der Waals surface area contributed by atoms with Crippen LogP contribution in [0.5, 0.6) is 0 Å². The van der Waals surface area contributed by atoms with Crippen LogP contribution in [0.15, 0.2) is 83.8 Å². The van der Waals surface area contributed by atoms with Crippen LogP contribution in [-0.4, -0.2) is 25.7 Å². The maximum atomic E-state index is 12.7. The first-order chi connectivity index (χ1) is 12.9. The van der Waals surface area contributed by atoms with Crippen LogP contribution in [-0.2, 0) is 10.0 Å². The van der Waals surface area contributed by atoms with Crippen LogP contribution in [0.3, 0.4) is 0 Å². The number of para-hydroxylation sites is 1. The molecule has 0 atom stereocenters. The number of nitrogens with one attached hydrogen (secondary N) is 1. The number of carbonyl (C=O) groups is 1. The second-order valence-corrected chi connectivity index (χ2v) is 7.40. The average Bonchev–Trinajstić information content (AvgIpc) is 2.68. The van der Waals surface area contributed by atoms with Gasteiger partial charge in [-0.15, -0.1) is 0 Å². The summed E-state index contributed by atoms with van der Waals surface area (Å²) in [7, 11) is -3.94. The maximum absolute atomic E-state index is 12.7. The first kappa shape index (κ1) is 18.3. The van der Waals surface area contributed by atoms with Crippen LogP contribution in [0.25, 0.3) is 0 Å². The Morgan fingerprint density at radius 3 is 2.11 bits per heavy atom. The van der Waals surface area contributed by atoms with Crippen LogP contribution >= 0.6 is 0 Å². The molecule has 0 spiro atoms. The number of carbonyl (C=O) groups excluding carboxylic acids is 1. The summed E-state index contributed by atoms with van der Waals surface area (Å²) in [6.07, 6.45) is 0. The molecule has 0 amide bonds. The van der Waals surface area contributed by atoms with Gasteiger partial charge in [-0.05, 0) is 24.3 Å². The lowest BCUT2D eigenvalue weighted by atomic mass is 10.0. The fourth-order valence-electron chi connectivity index (χ4n) is 2.51. The molecule has 27 heavy (non-hydrogen) atoms. The minimum atomic E-state index is -3.94. The molecule has 0 aliphatic rings. The quantitative estimate of drug-likeness (QED) is 0.233. The fraction of sp³-hybridized carbons (Fsp3) is 0. The molecule has 7 heteroatoms. The lowest BCUT2D eigenvalue weighted by Crippen LogP contribution is -2.16. The smallest absolute Gasteiger partial charge is 0.261 e. The topological polar surface area (TPSA) is 89.3 Å². The summed E-state index contributed by atoms with van der Waals surface area (Å²) in [5, 5.41) is 11.2. The molecule has 0 bridgehead atoms. The predicted octanol–water partition coefficient (Wildman–Crippen LogP) is 3.56. The van der Waals surface area contributed by atoms with Crippen molar-refractivity contribution in [3.05, 3.63) is 95.2 Å². The highest BCUT2D eigenvalue weighted by atomic mass is 32.2. The Kier molecular flexibility index (Phi) is 5.05. The lowest BCUT2D eigenvalue weighted by molar-refractivity contribution is -0.349. The third-order valence-electron chi connectivity index (χ3n) is 3.89. The van der Waals surface area contributed by atoms with Crippen LogP contribution in [0.1, 0.15) is 15.9 Å². The van der Waals surface area contributed by atoms with Gasteiger partial charge in [-0.25, -0.2) is 8.42 Å². The molecule has 0 saturated heterocycles. The van der Waals surface area contributed by atoms with Crippen molar-refractivity contribution in [1.82, 2.24) is 0 Å². The minimum absolute atomic E-state index is 0.0323. The highest BCUT2D eigenvalue weighted by molar-refractivity contribution is 7.92. The largest absolute Gasteiger partial charge is 0.619 e. The normalized spacial score (nSPS) is 11.0. The molecule has 3 aromatic rings. The Morgan fingerprint density at radius 2 is 1.48 bits per heavy atom. The number of nitrogens with zero attached hydrogens (tertiary/aromatic N) is 1. The van der Waals surface area contributed by atoms with E-state index in [0.29, 0.717) is 10.3 Å². The lowest BCUT2D eigenvalue weighted by Gasteiger charge is -2.12. The number of hydrogen-bond donors (Lipinski definition) is 1. The zero-order chi connectivity index (χ0) is 19.4. The van der Waals surface area contributed by atoms with E-state index < -0.39 is 10.0 Å². The number of anilines is 1. The molecular weight excluding hydrogens is 364 g/mol. The molecule has 0 saturated carbocycles. The van der Waals surface area contributed by atoms with Gasteiger partial charge in [-0.1, -0.05) is 42.5 Å². The molecule has 6 nitrogen and oxygen atoms in total. The van der Waals surface area contributed by atoms with E-state index in [2.05, 4.69) is 11.4 Å². The van der Waals surface area contributed by atoms with Crippen molar-refractivity contribution in [2.75, 3.05) is 4.72 Å². The molecule has 0 radical (unpaired) electrons. The molecule has 136 valence electrons. The third-order valence-corrected chi connectivity index (χ3v) is 5.27. The van der Waals surface area contributed by atoms with E-state index in [0.717, 1.165) is 0 Å². The molecule has 0 unspecified atom stereocenters. The van der Waals surface area contributed by atoms with Crippen LogP contribution in [0.4, 0.5) is 11.4 Å². The summed E-state index contributed by atoms with van der Waals surface area (Å²) >= 11 is 0. The van der Waals surface area contributed by atoms with E-state index in [4.69, 9.17) is 0 Å². The second-order valence-electron chi connectivity index (χ2n) is 5.72. The molecule has 1 N–H and O–H groups in total. The highest BCUT2D eigenvalue weighted by Crippen LogP contribution is 2.23. The van der Waals surface area contributed by atoms with Crippen molar-refractivity contribution in [2.24, 2.45) is 0 Å². The van der Waals surface area contributed by atoms with Gasteiger partial charge in [-0.2, -0.15) is 4.74 Å². The molecule has 3 rings (SSSR count). The predicted molar refractivity (Wildman–Crippen MR) is 104 cm³/mol. The van der Waals surface area contributed by atoms with Gasteiger partial charge in [0.15, 0.2) is 5.78 Å². The van der Waals surface area contributed by atoms with Gasteiger partial charge >= 0.3 is 0 Å². The summed E-state index contributed by atoms with van der Waals surface area (Å²) in [5.41, 5.74) is 1.11. The standard InChI is InChI=1S/C20H16N2O4S/c1-22(24)16-11-13-17(14-12-16)27(25,26)21-19-10-6-5-9-18(19)20(23)15-7-3-2-4-8-15/h2-14,21H,1H2. The Hall–Kier alpha value is -3.45. The number of ketones is 1. The third kappa shape index (κ3) is 4.04. The Labute approximate surface area is 157 Å². The number of sulfonamides is 1. The Morgan fingerprint density at radius 1 is 0.889 bits per heavy atom. The van der Waals surface area contributed by atoms with Gasteiger partial charge in [0, 0.05) is 23.3 Å². The second kappa shape index (κ2) is 7.43. The molecular formula is C20H16N2O4S. The molecule has 0 aliphatic heterocycles. The first-order valence-electron chi connectivity index (χ1n) is 7.98. The average molecular weight is 380 g/mol. The molecule has 0 fully saturated rings. The zero-order valence-corrected chi connectivity index (χ0v) is 15.0. The van der Waals surface area contributed by atoms with Crippen LogP contribution in [0, 0.1) is 5.21 Å². The summed E-state index contributed by atoms with van der Waals surface area (Å²) in [5.74, 6) is -0.289. The molecule has 0 aromatic heterocycles. The number of benzene rings is 3. The van der Waals surface area contributed by atoms with Gasteiger partial charge in [0.05, 0.1) is 10.6 Å². The molecule has 0 heterocycles. The van der Waals surface area contributed by atoms with E-state index in [1.165, 1.54) is 30.3 Å². The fourth-order valence-corrected chi connectivity index (χ4v) is 3.59. The summed E-state index contributed by atoms with van der Waals surface area (Å²) < 4.78 is 28.2. The van der Waals surface area contributed by atoms with Crippen LogP contribution in [0.2, 0.25) is 0 Å². The van der Waals surface area contributed by atoms with E-state index in [-0.39, 0.29) is 27.6 Å². The van der Waals surface area contributed by atoms with Crippen molar-refractivity contribution in [3.8, 4) is 0 Å². The number of rotatable bonds is 6. The van der Waals surface area contributed by atoms with E-state index in [1.807, 2.05) is 0 Å². The highest BCUT2D eigenvalue weighted by Gasteiger charge is 2.19. The van der Waals surface area contributed by atoms with Crippen molar-refractivity contribution >= 4 is 33.9 Å². The van der Waals surface area contributed by atoms with Gasteiger partial charge in [0.1, 0.15) is 6.72 Å². The first-order valence-corrected chi connectivity index (χ1v) is 9.46. The van der Waals surface area contributed by atoms with E-state index in [1.54, 1.807) is 48.5 Å². The summed E-state index contributed by atoms with van der Waals surface area (Å²) in [4.78, 5) is 12.7. The molecule has 0 aliphatic carbocycles. The van der Waals surface area contributed by atoms with Crippen molar-refractivity contribution < 1.29 is 18.0 Å². The van der Waals surface area contributed by atoms with Gasteiger partial charge in [0.25, 0.3) is 10.0 Å². The Bertz CT molecular complexity index is 1090. The number of hydrogen-bond acceptors (Lipinski definition) is 4.